The molecule has 0 bridgehead atoms. The Hall–Kier alpha value is -3.19. The fourth-order valence-electron chi connectivity index (χ4n) is 3.63. The van der Waals surface area contributed by atoms with Crippen LogP contribution in [0.15, 0.2) is 47.0 Å². The van der Waals surface area contributed by atoms with Crippen molar-refractivity contribution < 1.29 is 9.32 Å². The third-order valence-electron chi connectivity index (χ3n) is 5.13. The number of nitrogens with one attached hydrogen (secondary N) is 1. The summed E-state index contributed by atoms with van der Waals surface area (Å²) in [6, 6.07) is 13.3. The number of anilines is 1. The Labute approximate surface area is 165 Å². The highest BCUT2D eigenvalue weighted by molar-refractivity contribution is 6.31. The van der Waals surface area contributed by atoms with Crippen LogP contribution >= 0.6 is 11.6 Å². The summed E-state index contributed by atoms with van der Waals surface area (Å²) in [5.41, 5.74) is 3.22. The molecule has 1 N–H and O–H groups in total. The molecule has 2 aromatic heterocycles. The quantitative estimate of drug-likeness (QED) is 0.566. The molecule has 5 rings (SSSR count). The molecule has 1 unspecified atom stereocenters. The van der Waals surface area contributed by atoms with Crippen LogP contribution < -0.4 is 4.90 Å². The fraction of sp³-hybridized carbons (Fsp3) is 0.200. The van der Waals surface area contributed by atoms with Crippen molar-refractivity contribution in [1.82, 2.24) is 20.3 Å². The van der Waals surface area contributed by atoms with Crippen LogP contribution in [0.2, 0.25) is 5.02 Å². The first-order valence-corrected chi connectivity index (χ1v) is 9.32. The Morgan fingerprint density at radius 3 is 2.96 bits per heavy atom. The summed E-state index contributed by atoms with van der Waals surface area (Å²) in [6.07, 6.45) is 0.326. The van der Waals surface area contributed by atoms with E-state index in [2.05, 4.69) is 20.3 Å². The minimum Gasteiger partial charge on any atom is -0.332 e. The van der Waals surface area contributed by atoms with Gasteiger partial charge in [0, 0.05) is 35.0 Å². The van der Waals surface area contributed by atoms with E-state index in [9.17, 15) is 4.79 Å². The number of para-hydroxylation sites is 1. The number of H-pyrrole nitrogens is 1. The van der Waals surface area contributed by atoms with E-state index in [1.54, 1.807) is 4.90 Å². The van der Waals surface area contributed by atoms with Crippen LogP contribution in [-0.4, -0.2) is 32.8 Å². The highest BCUT2D eigenvalue weighted by Crippen LogP contribution is 2.35. The molecule has 1 aliphatic rings. The number of carbonyl (C=O) groups is 1. The van der Waals surface area contributed by atoms with Gasteiger partial charge in [-0.2, -0.15) is 10.1 Å². The Balaban J connectivity index is 1.44. The number of amides is 1. The van der Waals surface area contributed by atoms with Crippen LogP contribution in [0, 0.1) is 6.92 Å². The molecule has 140 valence electrons. The number of hydrogen-bond donors (Lipinski definition) is 1. The van der Waals surface area contributed by atoms with Gasteiger partial charge in [0.05, 0.1) is 5.52 Å². The number of fused-ring (bicyclic) bond motifs is 1. The Morgan fingerprint density at radius 2 is 2.07 bits per heavy atom. The summed E-state index contributed by atoms with van der Waals surface area (Å²) in [6.45, 7) is 2.40. The van der Waals surface area contributed by atoms with Crippen LogP contribution in [-0.2, 0) is 4.79 Å². The minimum absolute atomic E-state index is 0.0203. The molecule has 1 aliphatic heterocycles. The molecule has 0 radical (unpaired) electrons. The molecule has 28 heavy (non-hydrogen) atoms. The third kappa shape index (κ3) is 2.66. The lowest BCUT2D eigenvalue weighted by Gasteiger charge is -2.19. The number of rotatable bonds is 3. The fourth-order valence-corrected chi connectivity index (χ4v) is 3.79. The molecule has 0 spiro atoms. The first-order valence-electron chi connectivity index (χ1n) is 8.94. The van der Waals surface area contributed by atoms with Crippen molar-refractivity contribution >= 4 is 34.1 Å². The summed E-state index contributed by atoms with van der Waals surface area (Å²) in [5.74, 6) is 0.732. The topological polar surface area (TPSA) is 87.9 Å². The number of benzene rings is 2. The van der Waals surface area contributed by atoms with Gasteiger partial charge >= 0.3 is 0 Å². The van der Waals surface area contributed by atoms with E-state index in [0.717, 1.165) is 22.2 Å². The summed E-state index contributed by atoms with van der Waals surface area (Å²) in [4.78, 5) is 18.9. The standard InChI is InChI=1S/C20H16ClN5O2/c1-11-14(21)6-4-8-16(11)26-10-12(9-17(26)27)19-22-20(28-25-19)18-13-5-2-3-7-15(13)23-24-18/h2-8,12H,9-10H2,1H3,(H,23,24). The van der Waals surface area contributed by atoms with E-state index in [-0.39, 0.29) is 11.8 Å². The molecule has 0 aliphatic carbocycles. The monoisotopic (exact) mass is 393 g/mol. The zero-order valence-electron chi connectivity index (χ0n) is 15.0. The maximum Gasteiger partial charge on any atom is 0.279 e. The van der Waals surface area contributed by atoms with Gasteiger partial charge in [0.2, 0.25) is 5.91 Å². The minimum atomic E-state index is -0.145. The average Bonchev–Trinajstić information content (AvgIpc) is 3.41. The molecular weight excluding hydrogens is 378 g/mol. The summed E-state index contributed by atoms with van der Waals surface area (Å²) < 4.78 is 5.45. The van der Waals surface area contributed by atoms with Crippen molar-refractivity contribution in [3.63, 3.8) is 0 Å². The highest BCUT2D eigenvalue weighted by Gasteiger charge is 2.35. The Kier molecular flexibility index (Phi) is 3.91. The molecular formula is C20H16ClN5O2. The maximum atomic E-state index is 12.6. The first-order chi connectivity index (χ1) is 13.6. The van der Waals surface area contributed by atoms with Gasteiger partial charge in [-0.1, -0.05) is 41.0 Å². The number of aromatic nitrogens is 4. The van der Waals surface area contributed by atoms with Crippen LogP contribution in [0.4, 0.5) is 5.69 Å². The molecule has 8 heteroatoms. The molecule has 2 aromatic carbocycles. The highest BCUT2D eigenvalue weighted by atomic mass is 35.5. The van der Waals surface area contributed by atoms with Gasteiger partial charge in [-0.15, -0.1) is 0 Å². The van der Waals surface area contributed by atoms with Gasteiger partial charge in [0.1, 0.15) is 0 Å². The van der Waals surface area contributed by atoms with E-state index in [0.29, 0.717) is 35.4 Å². The summed E-state index contributed by atoms with van der Waals surface area (Å²) in [7, 11) is 0. The van der Waals surface area contributed by atoms with Gasteiger partial charge in [-0.3, -0.25) is 9.89 Å². The predicted octanol–water partition coefficient (Wildman–Crippen LogP) is 4.10. The van der Waals surface area contributed by atoms with E-state index < -0.39 is 0 Å². The molecule has 4 aromatic rings. The van der Waals surface area contributed by atoms with Crippen LogP contribution in [0.5, 0.6) is 0 Å². The third-order valence-corrected chi connectivity index (χ3v) is 5.54. The normalized spacial score (nSPS) is 17.0. The van der Waals surface area contributed by atoms with E-state index in [1.165, 1.54) is 0 Å². The molecule has 0 saturated carbocycles. The van der Waals surface area contributed by atoms with Gasteiger partial charge in [-0.05, 0) is 30.7 Å². The SMILES string of the molecule is Cc1c(Cl)cccc1N1CC(c2noc(-c3n[nH]c4ccccc34)n2)CC1=O. The largest absolute Gasteiger partial charge is 0.332 e. The molecule has 1 fully saturated rings. The Morgan fingerprint density at radius 1 is 1.21 bits per heavy atom. The molecule has 7 nitrogen and oxygen atoms in total. The van der Waals surface area contributed by atoms with Crippen molar-refractivity contribution in [1.29, 1.82) is 0 Å². The second-order valence-corrected chi connectivity index (χ2v) is 7.27. The second-order valence-electron chi connectivity index (χ2n) is 6.86. The average molecular weight is 394 g/mol. The number of halogens is 1. The Bertz CT molecular complexity index is 1200. The maximum absolute atomic E-state index is 12.6. The predicted molar refractivity (Wildman–Crippen MR) is 105 cm³/mol. The molecule has 1 amide bonds. The molecule has 3 heterocycles. The molecule has 1 saturated heterocycles. The lowest BCUT2D eigenvalue weighted by molar-refractivity contribution is -0.117. The van der Waals surface area contributed by atoms with Crippen LogP contribution in [0.25, 0.3) is 22.5 Å². The number of nitrogens with zero attached hydrogens (tertiary/aromatic N) is 4. The van der Waals surface area contributed by atoms with E-state index in [4.69, 9.17) is 16.1 Å². The van der Waals surface area contributed by atoms with Crippen molar-refractivity contribution in [3.8, 4) is 11.6 Å². The molecule has 1 atom stereocenters. The summed E-state index contributed by atoms with van der Waals surface area (Å²) >= 11 is 6.21. The van der Waals surface area contributed by atoms with E-state index >= 15 is 0 Å². The lowest BCUT2D eigenvalue weighted by atomic mass is 10.1. The van der Waals surface area contributed by atoms with E-state index in [1.807, 2.05) is 49.4 Å². The van der Waals surface area contributed by atoms with Crippen molar-refractivity contribution in [3.05, 3.63) is 58.9 Å². The first kappa shape index (κ1) is 16.9. The van der Waals surface area contributed by atoms with Gasteiger partial charge in [0.25, 0.3) is 5.89 Å². The van der Waals surface area contributed by atoms with Crippen molar-refractivity contribution in [2.45, 2.75) is 19.3 Å². The number of carbonyl (C=O) groups excluding carboxylic acids is 1. The smallest absolute Gasteiger partial charge is 0.279 e. The van der Waals surface area contributed by atoms with Crippen LogP contribution in [0.3, 0.4) is 0 Å². The number of aromatic amines is 1. The summed E-state index contributed by atoms with van der Waals surface area (Å²) in [5, 5.41) is 12.9. The lowest BCUT2D eigenvalue weighted by Crippen LogP contribution is -2.25. The van der Waals surface area contributed by atoms with Gasteiger partial charge in [0.15, 0.2) is 11.5 Å². The number of hydrogen-bond acceptors (Lipinski definition) is 5. The van der Waals surface area contributed by atoms with Gasteiger partial charge in [-0.25, -0.2) is 0 Å². The van der Waals surface area contributed by atoms with Crippen molar-refractivity contribution in [2.24, 2.45) is 0 Å². The zero-order valence-corrected chi connectivity index (χ0v) is 15.8. The van der Waals surface area contributed by atoms with Crippen LogP contribution in [0.1, 0.15) is 23.7 Å². The van der Waals surface area contributed by atoms with Gasteiger partial charge < -0.3 is 9.42 Å². The zero-order chi connectivity index (χ0) is 19.3. The second kappa shape index (κ2) is 6.45. The van der Waals surface area contributed by atoms with Crippen molar-refractivity contribution in [2.75, 3.05) is 11.4 Å².